The second kappa shape index (κ2) is 5.33. The SMILES string of the molecule is Cc1cccc(NC(=O)C2(O)CCSCC2)c1C. The number of rotatable bonds is 2. The molecule has 0 aliphatic carbocycles. The fourth-order valence-electron chi connectivity index (χ4n) is 2.06. The molecule has 2 rings (SSSR count). The maximum atomic E-state index is 12.2. The zero-order valence-electron chi connectivity index (χ0n) is 10.8. The highest BCUT2D eigenvalue weighted by Gasteiger charge is 2.37. The molecule has 0 unspecified atom stereocenters. The molecule has 18 heavy (non-hydrogen) atoms. The zero-order valence-corrected chi connectivity index (χ0v) is 11.6. The van der Waals surface area contributed by atoms with Gasteiger partial charge in [-0.15, -0.1) is 0 Å². The number of nitrogens with one attached hydrogen (secondary N) is 1. The van der Waals surface area contributed by atoms with Crippen molar-refractivity contribution in [2.45, 2.75) is 32.3 Å². The fraction of sp³-hybridized carbons (Fsp3) is 0.500. The van der Waals surface area contributed by atoms with Crippen LogP contribution in [0.1, 0.15) is 24.0 Å². The van der Waals surface area contributed by atoms with Gasteiger partial charge in [0.2, 0.25) is 0 Å². The van der Waals surface area contributed by atoms with E-state index < -0.39 is 5.60 Å². The summed E-state index contributed by atoms with van der Waals surface area (Å²) >= 11 is 1.79. The molecule has 1 saturated heterocycles. The number of carbonyl (C=O) groups is 1. The number of aliphatic hydroxyl groups is 1. The summed E-state index contributed by atoms with van der Waals surface area (Å²) in [6.07, 6.45) is 1.07. The number of hydrogen-bond donors (Lipinski definition) is 2. The summed E-state index contributed by atoms with van der Waals surface area (Å²) in [5, 5.41) is 13.2. The van der Waals surface area contributed by atoms with E-state index in [0.717, 1.165) is 28.3 Å². The van der Waals surface area contributed by atoms with Crippen molar-refractivity contribution in [2.24, 2.45) is 0 Å². The molecule has 0 bridgehead atoms. The van der Waals surface area contributed by atoms with Gasteiger partial charge in [0.15, 0.2) is 0 Å². The molecule has 98 valence electrons. The van der Waals surface area contributed by atoms with Crippen LogP contribution in [0.5, 0.6) is 0 Å². The predicted octanol–water partition coefficient (Wildman–Crippen LogP) is 2.50. The van der Waals surface area contributed by atoms with Crippen LogP contribution in [0.15, 0.2) is 18.2 Å². The molecule has 1 aromatic rings. The molecule has 0 spiro atoms. The van der Waals surface area contributed by atoms with Crippen LogP contribution >= 0.6 is 11.8 Å². The molecule has 0 aromatic heterocycles. The molecule has 1 heterocycles. The van der Waals surface area contributed by atoms with Crippen molar-refractivity contribution in [3.8, 4) is 0 Å². The molecule has 0 saturated carbocycles. The lowest BCUT2D eigenvalue weighted by Crippen LogP contribution is -2.45. The van der Waals surface area contributed by atoms with Gasteiger partial charge in [-0.05, 0) is 55.4 Å². The quantitative estimate of drug-likeness (QED) is 0.864. The van der Waals surface area contributed by atoms with Gasteiger partial charge in [-0.2, -0.15) is 11.8 Å². The van der Waals surface area contributed by atoms with E-state index in [1.807, 2.05) is 32.0 Å². The summed E-state index contributed by atoms with van der Waals surface area (Å²) in [6, 6.07) is 5.80. The van der Waals surface area contributed by atoms with Crippen LogP contribution in [-0.2, 0) is 4.79 Å². The van der Waals surface area contributed by atoms with Crippen LogP contribution in [0.2, 0.25) is 0 Å². The summed E-state index contributed by atoms with van der Waals surface area (Å²) in [6.45, 7) is 3.99. The summed E-state index contributed by atoms with van der Waals surface area (Å²) in [5.74, 6) is 1.42. The smallest absolute Gasteiger partial charge is 0.256 e. The molecular formula is C14H19NO2S. The summed E-state index contributed by atoms with van der Waals surface area (Å²) in [5.41, 5.74) is 1.80. The zero-order chi connectivity index (χ0) is 13.2. The van der Waals surface area contributed by atoms with E-state index in [4.69, 9.17) is 0 Å². The Morgan fingerprint density at radius 2 is 2.00 bits per heavy atom. The normalized spacial score (nSPS) is 18.4. The molecular weight excluding hydrogens is 246 g/mol. The highest BCUT2D eigenvalue weighted by Crippen LogP contribution is 2.29. The van der Waals surface area contributed by atoms with Crippen LogP contribution in [0.4, 0.5) is 5.69 Å². The van der Waals surface area contributed by atoms with Gasteiger partial charge in [0, 0.05) is 5.69 Å². The van der Waals surface area contributed by atoms with Gasteiger partial charge >= 0.3 is 0 Å². The number of thioether (sulfide) groups is 1. The van der Waals surface area contributed by atoms with Crippen LogP contribution in [-0.4, -0.2) is 28.1 Å². The van der Waals surface area contributed by atoms with E-state index in [1.54, 1.807) is 11.8 Å². The molecule has 0 atom stereocenters. The first kappa shape index (κ1) is 13.4. The molecule has 1 amide bonds. The van der Waals surface area contributed by atoms with Crippen molar-refractivity contribution in [3.05, 3.63) is 29.3 Å². The minimum atomic E-state index is -1.19. The molecule has 1 aliphatic rings. The largest absolute Gasteiger partial charge is 0.380 e. The lowest BCUT2D eigenvalue weighted by molar-refractivity contribution is -0.134. The summed E-state index contributed by atoms with van der Waals surface area (Å²) in [7, 11) is 0. The first-order valence-electron chi connectivity index (χ1n) is 6.21. The Labute approximate surface area is 112 Å². The average molecular weight is 265 g/mol. The number of aryl methyl sites for hydroxylation is 1. The number of anilines is 1. The molecule has 1 fully saturated rings. The Hall–Kier alpha value is -1.00. The van der Waals surface area contributed by atoms with Crippen molar-refractivity contribution in [1.82, 2.24) is 0 Å². The third-order valence-corrected chi connectivity index (χ3v) is 4.58. The number of carbonyl (C=O) groups excluding carboxylic acids is 1. The first-order valence-corrected chi connectivity index (χ1v) is 7.36. The van der Waals surface area contributed by atoms with Crippen LogP contribution in [0.3, 0.4) is 0 Å². The third-order valence-electron chi connectivity index (χ3n) is 3.60. The van der Waals surface area contributed by atoms with Gasteiger partial charge in [-0.25, -0.2) is 0 Å². The second-order valence-electron chi connectivity index (χ2n) is 4.85. The number of hydrogen-bond acceptors (Lipinski definition) is 3. The number of benzene rings is 1. The predicted molar refractivity (Wildman–Crippen MR) is 76.1 cm³/mol. The Morgan fingerprint density at radius 3 is 2.67 bits per heavy atom. The van der Waals surface area contributed by atoms with Crippen molar-refractivity contribution in [2.75, 3.05) is 16.8 Å². The van der Waals surface area contributed by atoms with Gasteiger partial charge in [-0.1, -0.05) is 12.1 Å². The van der Waals surface area contributed by atoms with Crippen molar-refractivity contribution >= 4 is 23.4 Å². The van der Waals surface area contributed by atoms with Gasteiger partial charge in [0.1, 0.15) is 5.60 Å². The molecule has 2 N–H and O–H groups in total. The monoisotopic (exact) mass is 265 g/mol. The first-order chi connectivity index (χ1) is 8.53. The summed E-state index contributed by atoms with van der Waals surface area (Å²) in [4.78, 5) is 12.2. The molecule has 3 nitrogen and oxygen atoms in total. The Morgan fingerprint density at radius 1 is 1.33 bits per heavy atom. The molecule has 1 aromatic carbocycles. The lowest BCUT2D eigenvalue weighted by atomic mass is 9.95. The Balaban J connectivity index is 2.13. The average Bonchev–Trinajstić information content (AvgIpc) is 2.36. The minimum Gasteiger partial charge on any atom is -0.380 e. The lowest BCUT2D eigenvalue weighted by Gasteiger charge is -2.30. The highest BCUT2D eigenvalue weighted by molar-refractivity contribution is 7.99. The van der Waals surface area contributed by atoms with Gasteiger partial charge in [0.25, 0.3) is 5.91 Å². The topological polar surface area (TPSA) is 49.3 Å². The standard InChI is InChI=1S/C14H19NO2S/c1-10-4-3-5-12(11(10)2)15-13(16)14(17)6-8-18-9-7-14/h3-5,17H,6-9H2,1-2H3,(H,15,16). The molecule has 0 radical (unpaired) electrons. The Bertz CT molecular complexity index is 453. The van der Waals surface area contributed by atoms with E-state index in [-0.39, 0.29) is 5.91 Å². The van der Waals surface area contributed by atoms with E-state index in [9.17, 15) is 9.90 Å². The highest BCUT2D eigenvalue weighted by atomic mass is 32.2. The van der Waals surface area contributed by atoms with Crippen molar-refractivity contribution in [3.63, 3.8) is 0 Å². The van der Waals surface area contributed by atoms with E-state index in [1.165, 1.54) is 0 Å². The third kappa shape index (κ3) is 2.70. The minimum absolute atomic E-state index is 0.267. The van der Waals surface area contributed by atoms with Gasteiger partial charge in [-0.3, -0.25) is 4.79 Å². The number of amides is 1. The fourth-order valence-corrected chi connectivity index (χ4v) is 3.23. The van der Waals surface area contributed by atoms with Crippen LogP contribution in [0.25, 0.3) is 0 Å². The van der Waals surface area contributed by atoms with E-state index in [2.05, 4.69) is 5.32 Å². The molecule has 1 aliphatic heterocycles. The molecule has 4 heteroatoms. The van der Waals surface area contributed by atoms with Gasteiger partial charge < -0.3 is 10.4 Å². The maximum Gasteiger partial charge on any atom is 0.256 e. The maximum absolute atomic E-state index is 12.2. The van der Waals surface area contributed by atoms with Gasteiger partial charge in [0.05, 0.1) is 0 Å². The second-order valence-corrected chi connectivity index (χ2v) is 6.07. The van der Waals surface area contributed by atoms with E-state index in [0.29, 0.717) is 12.8 Å². The van der Waals surface area contributed by atoms with Crippen molar-refractivity contribution < 1.29 is 9.90 Å². The van der Waals surface area contributed by atoms with Crippen LogP contribution in [0, 0.1) is 13.8 Å². The summed E-state index contributed by atoms with van der Waals surface area (Å²) < 4.78 is 0. The van der Waals surface area contributed by atoms with E-state index >= 15 is 0 Å². The Kier molecular flexibility index (Phi) is 3.97. The van der Waals surface area contributed by atoms with Crippen molar-refractivity contribution in [1.29, 1.82) is 0 Å². The van der Waals surface area contributed by atoms with Crippen LogP contribution < -0.4 is 5.32 Å².